The van der Waals surface area contributed by atoms with Crippen LogP contribution >= 0.6 is 0 Å². The number of pyridine rings is 2. The van der Waals surface area contributed by atoms with E-state index in [1.807, 2.05) is 19.9 Å². The highest BCUT2D eigenvalue weighted by molar-refractivity contribution is 5.73. The molecule has 0 bridgehead atoms. The van der Waals surface area contributed by atoms with Gasteiger partial charge < -0.3 is 4.90 Å². The van der Waals surface area contributed by atoms with Gasteiger partial charge in [-0.25, -0.2) is 4.39 Å². The van der Waals surface area contributed by atoms with Gasteiger partial charge in [-0.1, -0.05) is 0 Å². The molecule has 1 saturated carbocycles. The fraction of sp³-hybridized carbons (Fsp3) is 0.526. The van der Waals surface area contributed by atoms with Crippen LogP contribution in [0, 0.1) is 19.7 Å². The van der Waals surface area contributed by atoms with Crippen molar-refractivity contribution < 1.29 is 4.39 Å². The number of piperidine rings is 1. The molecule has 0 amide bonds. The number of aromatic nitrogens is 1. The second-order valence-electron chi connectivity index (χ2n) is 7.08. The van der Waals surface area contributed by atoms with Crippen molar-refractivity contribution in [2.45, 2.75) is 51.9 Å². The minimum atomic E-state index is -0.272. The number of hydrogen-bond acceptors (Lipinski definition) is 2. The first-order valence-corrected chi connectivity index (χ1v) is 8.68. The van der Waals surface area contributed by atoms with E-state index in [9.17, 15) is 9.18 Å². The fourth-order valence-electron chi connectivity index (χ4n) is 3.99. The molecule has 2 fully saturated rings. The summed E-state index contributed by atoms with van der Waals surface area (Å²) in [6, 6.07) is 2.03. The lowest BCUT2D eigenvalue weighted by Crippen LogP contribution is -2.31. The van der Waals surface area contributed by atoms with Gasteiger partial charge >= 0.3 is 0 Å². The predicted molar refractivity (Wildman–Crippen MR) is 91.1 cm³/mol. The van der Waals surface area contributed by atoms with E-state index in [2.05, 4.69) is 4.90 Å². The largest absolute Gasteiger partial charge is 0.369 e. The second-order valence-corrected chi connectivity index (χ2v) is 7.08. The number of fused-ring (bicyclic) bond motifs is 1. The molecule has 4 heteroatoms. The van der Waals surface area contributed by atoms with Crippen molar-refractivity contribution in [3.63, 3.8) is 0 Å². The van der Waals surface area contributed by atoms with Gasteiger partial charge in [0.15, 0.2) is 5.82 Å². The molecule has 1 aliphatic carbocycles. The van der Waals surface area contributed by atoms with Gasteiger partial charge in [-0.2, -0.15) is 0 Å². The van der Waals surface area contributed by atoms with Gasteiger partial charge in [-0.05, 0) is 69.1 Å². The van der Waals surface area contributed by atoms with Crippen LogP contribution in [0.1, 0.15) is 54.7 Å². The molecular weight excluding hydrogens is 291 g/mol. The predicted octanol–water partition coefficient (Wildman–Crippen LogP) is 3.92. The molecule has 0 radical (unpaired) electrons. The Balaban J connectivity index is 2.01. The molecule has 23 heavy (non-hydrogen) atoms. The Morgan fingerprint density at radius 1 is 1.13 bits per heavy atom. The number of hydrogen-bond donors (Lipinski definition) is 0. The first-order valence-electron chi connectivity index (χ1n) is 8.68. The van der Waals surface area contributed by atoms with Crippen molar-refractivity contribution in [3.8, 4) is 0 Å². The zero-order valence-corrected chi connectivity index (χ0v) is 13.9. The van der Waals surface area contributed by atoms with Crippen LogP contribution in [-0.4, -0.2) is 17.5 Å². The van der Waals surface area contributed by atoms with Crippen molar-refractivity contribution in [2.24, 2.45) is 0 Å². The summed E-state index contributed by atoms with van der Waals surface area (Å²) in [6.07, 6.45) is 7.19. The molecule has 0 spiro atoms. The highest BCUT2D eigenvalue weighted by Gasteiger charge is 2.29. The monoisotopic (exact) mass is 314 g/mol. The highest BCUT2D eigenvalue weighted by Crippen LogP contribution is 2.43. The van der Waals surface area contributed by atoms with Crippen LogP contribution in [0.25, 0.3) is 5.52 Å². The van der Waals surface area contributed by atoms with E-state index in [-0.39, 0.29) is 11.4 Å². The maximum atomic E-state index is 14.8. The van der Waals surface area contributed by atoms with Crippen LogP contribution < -0.4 is 10.5 Å². The van der Waals surface area contributed by atoms with E-state index < -0.39 is 0 Å². The highest BCUT2D eigenvalue weighted by atomic mass is 19.1. The summed E-state index contributed by atoms with van der Waals surface area (Å²) in [7, 11) is 0. The maximum Gasteiger partial charge on any atom is 0.258 e. The molecule has 1 saturated heterocycles. The molecule has 4 rings (SSSR count). The quantitative estimate of drug-likeness (QED) is 0.839. The van der Waals surface area contributed by atoms with Crippen molar-refractivity contribution in [1.82, 2.24) is 4.40 Å². The minimum absolute atomic E-state index is 0.100. The molecule has 3 heterocycles. The summed E-state index contributed by atoms with van der Waals surface area (Å²) in [6.45, 7) is 5.61. The molecule has 2 aromatic heterocycles. The first kappa shape index (κ1) is 14.7. The van der Waals surface area contributed by atoms with E-state index in [1.165, 1.54) is 31.0 Å². The molecule has 3 nitrogen and oxygen atoms in total. The third kappa shape index (κ3) is 2.35. The smallest absolute Gasteiger partial charge is 0.258 e. The van der Waals surface area contributed by atoms with Crippen molar-refractivity contribution in [2.75, 3.05) is 18.0 Å². The summed E-state index contributed by atoms with van der Waals surface area (Å²) in [4.78, 5) is 14.7. The van der Waals surface area contributed by atoms with Gasteiger partial charge in [0.2, 0.25) is 0 Å². The Hall–Kier alpha value is -1.84. The van der Waals surface area contributed by atoms with Gasteiger partial charge in [0.1, 0.15) is 0 Å². The minimum Gasteiger partial charge on any atom is -0.369 e. The van der Waals surface area contributed by atoms with Gasteiger partial charge in [0.25, 0.3) is 5.56 Å². The third-order valence-electron chi connectivity index (χ3n) is 5.31. The Labute approximate surface area is 135 Å². The molecule has 0 atom stereocenters. The Morgan fingerprint density at radius 2 is 1.83 bits per heavy atom. The molecule has 122 valence electrons. The zero-order chi connectivity index (χ0) is 16.1. The average molecular weight is 314 g/mol. The summed E-state index contributed by atoms with van der Waals surface area (Å²) in [5.41, 5.74) is 4.38. The van der Waals surface area contributed by atoms with Crippen molar-refractivity contribution in [1.29, 1.82) is 0 Å². The Morgan fingerprint density at radius 3 is 2.48 bits per heavy atom. The van der Waals surface area contributed by atoms with Gasteiger partial charge in [-0.3, -0.25) is 9.20 Å². The number of halogens is 1. The molecule has 0 N–H and O–H groups in total. The average Bonchev–Trinajstić information content (AvgIpc) is 3.37. The van der Waals surface area contributed by atoms with Crippen LogP contribution in [0.4, 0.5) is 10.1 Å². The van der Waals surface area contributed by atoms with E-state index in [0.717, 1.165) is 37.0 Å². The third-order valence-corrected chi connectivity index (χ3v) is 5.31. The summed E-state index contributed by atoms with van der Waals surface area (Å²) in [5, 5.41) is 0. The normalized spacial score (nSPS) is 18.7. The van der Waals surface area contributed by atoms with Gasteiger partial charge in [-0.15, -0.1) is 0 Å². The molecule has 0 unspecified atom stereocenters. The van der Waals surface area contributed by atoms with Crippen molar-refractivity contribution in [3.05, 3.63) is 45.1 Å². The van der Waals surface area contributed by atoms with Crippen LogP contribution in [0.5, 0.6) is 0 Å². The zero-order valence-electron chi connectivity index (χ0n) is 13.9. The summed E-state index contributed by atoms with van der Waals surface area (Å²) in [5.74, 6) is 0.258. The van der Waals surface area contributed by atoms with E-state index in [4.69, 9.17) is 0 Å². The topological polar surface area (TPSA) is 24.7 Å². The van der Waals surface area contributed by atoms with Crippen LogP contribution in [0.15, 0.2) is 17.1 Å². The Bertz CT molecular complexity index is 830. The van der Waals surface area contributed by atoms with Crippen LogP contribution in [-0.2, 0) is 0 Å². The molecule has 2 aliphatic rings. The number of rotatable bonds is 2. The molecule has 0 aromatic carbocycles. The lowest BCUT2D eigenvalue weighted by molar-refractivity contribution is 0.552. The Kier molecular flexibility index (Phi) is 3.43. The lowest BCUT2D eigenvalue weighted by Gasteiger charge is -2.31. The van der Waals surface area contributed by atoms with Crippen LogP contribution in [0.2, 0.25) is 0 Å². The molecule has 1 aliphatic heterocycles. The first-order chi connectivity index (χ1) is 11.1. The van der Waals surface area contributed by atoms with E-state index in [1.54, 1.807) is 4.40 Å². The maximum absolute atomic E-state index is 14.8. The standard InChI is InChI=1S/C19H23FN2O/c1-12-10-15(14-6-7-14)17-13(2)18(21-8-4-3-5-9-21)16(20)11-22(17)19(12)23/h10-11,14H,3-9H2,1-2H3. The SMILES string of the molecule is Cc1cc(C2CC2)c2c(C)c(N3CCCCC3)c(F)cn2c1=O. The van der Waals surface area contributed by atoms with E-state index >= 15 is 0 Å². The summed E-state index contributed by atoms with van der Waals surface area (Å²) >= 11 is 0. The number of anilines is 1. The fourth-order valence-corrected chi connectivity index (χ4v) is 3.99. The number of nitrogens with zero attached hydrogens (tertiary/aromatic N) is 2. The van der Waals surface area contributed by atoms with Gasteiger partial charge in [0.05, 0.1) is 17.4 Å². The molecular formula is C19H23FN2O. The van der Waals surface area contributed by atoms with E-state index in [0.29, 0.717) is 17.2 Å². The van der Waals surface area contributed by atoms with Crippen molar-refractivity contribution >= 4 is 11.2 Å². The second kappa shape index (κ2) is 5.36. The van der Waals surface area contributed by atoms with Gasteiger partial charge in [0, 0.05) is 18.7 Å². The molecule has 2 aromatic rings. The lowest BCUT2D eigenvalue weighted by atomic mass is 10.0. The summed E-state index contributed by atoms with van der Waals surface area (Å²) < 4.78 is 16.4. The van der Waals surface area contributed by atoms with Crippen LogP contribution in [0.3, 0.4) is 0 Å². The number of aryl methyl sites for hydroxylation is 2.